The molecule has 2 rings (SSSR count). The molecule has 0 heterocycles. The summed E-state index contributed by atoms with van der Waals surface area (Å²) < 4.78 is 69.6. The number of rotatable bonds is 6. The van der Waals surface area contributed by atoms with Crippen molar-refractivity contribution in [3.63, 3.8) is 0 Å². The SMILES string of the molecule is COc1ccc(S(=O)(=O)NC[C@H](O)c2ccc(C(F)(F)F)cc2)c(C)c1. The van der Waals surface area contributed by atoms with Gasteiger partial charge in [0.1, 0.15) is 5.75 Å². The van der Waals surface area contributed by atoms with Gasteiger partial charge in [-0.3, -0.25) is 0 Å². The van der Waals surface area contributed by atoms with Crippen LogP contribution in [0.1, 0.15) is 22.8 Å². The van der Waals surface area contributed by atoms with Crippen LogP contribution in [0, 0.1) is 6.92 Å². The maximum absolute atomic E-state index is 12.5. The van der Waals surface area contributed by atoms with Crippen LogP contribution in [0.3, 0.4) is 0 Å². The summed E-state index contributed by atoms with van der Waals surface area (Å²) in [5, 5.41) is 10.0. The molecule has 1 atom stereocenters. The molecule has 0 spiro atoms. The number of aliphatic hydroxyl groups is 1. The molecule has 0 fully saturated rings. The van der Waals surface area contributed by atoms with E-state index in [0.717, 1.165) is 24.3 Å². The average molecular weight is 389 g/mol. The maximum atomic E-state index is 12.5. The number of hydrogen-bond acceptors (Lipinski definition) is 4. The van der Waals surface area contributed by atoms with Crippen molar-refractivity contribution >= 4 is 10.0 Å². The van der Waals surface area contributed by atoms with E-state index in [1.54, 1.807) is 13.0 Å². The van der Waals surface area contributed by atoms with Crippen LogP contribution in [0.5, 0.6) is 5.75 Å². The Bertz CT molecular complexity index is 865. The largest absolute Gasteiger partial charge is 0.497 e. The standard InChI is InChI=1S/C17H18F3NO4S/c1-11-9-14(25-2)7-8-16(11)26(23,24)21-10-15(22)12-3-5-13(6-4-12)17(18,19)20/h3-9,15,21-22H,10H2,1-2H3/t15-/m0/s1. The van der Waals surface area contributed by atoms with Crippen molar-refractivity contribution in [1.29, 1.82) is 0 Å². The molecule has 2 N–H and O–H groups in total. The highest BCUT2D eigenvalue weighted by Crippen LogP contribution is 2.30. The van der Waals surface area contributed by atoms with Gasteiger partial charge in [-0.25, -0.2) is 13.1 Å². The van der Waals surface area contributed by atoms with Crippen molar-refractivity contribution in [2.24, 2.45) is 0 Å². The quantitative estimate of drug-likeness (QED) is 0.796. The van der Waals surface area contributed by atoms with Gasteiger partial charge >= 0.3 is 6.18 Å². The molecule has 0 aliphatic rings. The Kier molecular flexibility index (Phi) is 5.94. The first-order valence-electron chi connectivity index (χ1n) is 7.54. The summed E-state index contributed by atoms with van der Waals surface area (Å²) in [7, 11) is -2.44. The van der Waals surface area contributed by atoms with Gasteiger partial charge in [-0.15, -0.1) is 0 Å². The van der Waals surface area contributed by atoms with E-state index < -0.39 is 27.9 Å². The smallest absolute Gasteiger partial charge is 0.416 e. The molecule has 0 bridgehead atoms. The lowest BCUT2D eigenvalue weighted by Crippen LogP contribution is -2.29. The fourth-order valence-electron chi connectivity index (χ4n) is 2.33. The zero-order chi connectivity index (χ0) is 19.5. The fourth-order valence-corrected chi connectivity index (χ4v) is 3.59. The van der Waals surface area contributed by atoms with Crippen LogP contribution in [0.25, 0.3) is 0 Å². The van der Waals surface area contributed by atoms with Gasteiger partial charge in [-0.2, -0.15) is 13.2 Å². The molecule has 26 heavy (non-hydrogen) atoms. The summed E-state index contributed by atoms with van der Waals surface area (Å²) in [6, 6.07) is 8.32. The van der Waals surface area contributed by atoms with Gasteiger partial charge in [0.2, 0.25) is 10.0 Å². The highest BCUT2D eigenvalue weighted by Gasteiger charge is 2.30. The molecule has 0 amide bonds. The third-order valence-electron chi connectivity index (χ3n) is 3.76. The Morgan fingerprint density at radius 2 is 1.77 bits per heavy atom. The predicted octanol–water partition coefficient (Wildman–Crippen LogP) is 3.03. The second-order valence-electron chi connectivity index (χ2n) is 5.62. The summed E-state index contributed by atoms with van der Waals surface area (Å²) in [5.74, 6) is 0.506. The van der Waals surface area contributed by atoms with Crippen LogP contribution in [0.15, 0.2) is 47.4 Å². The number of sulfonamides is 1. The Balaban J connectivity index is 2.09. The van der Waals surface area contributed by atoms with Gasteiger partial charge < -0.3 is 9.84 Å². The molecule has 0 radical (unpaired) electrons. The number of methoxy groups -OCH3 is 1. The minimum absolute atomic E-state index is 0.0259. The van der Waals surface area contributed by atoms with E-state index in [4.69, 9.17) is 4.74 Å². The molecule has 5 nitrogen and oxygen atoms in total. The fraction of sp³-hybridized carbons (Fsp3) is 0.294. The van der Waals surface area contributed by atoms with Gasteiger partial charge in [-0.05, 0) is 48.4 Å². The number of aliphatic hydroxyl groups excluding tert-OH is 1. The van der Waals surface area contributed by atoms with Crippen molar-refractivity contribution in [3.05, 3.63) is 59.2 Å². The Labute approximate surface area is 149 Å². The summed E-state index contributed by atoms with van der Waals surface area (Å²) in [6.07, 6.45) is -5.76. The molecule has 0 unspecified atom stereocenters. The molecule has 0 saturated heterocycles. The number of halogens is 3. The van der Waals surface area contributed by atoms with Crippen molar-refractivity contribution in [2.45, 2.75) is 24.1 Å². The van der Waals surface area contributed by atoms with E-state index in [2.05, 4.69) is 4.72 Å². The molecule has 2 aromatic rings. The molecule has 0 aliphatic heterocycles. The van der Waals surface area contributed by atoms with Crippen molar-refractivity contribution < 1.29 is 31.4 Å². The first-order chi connectivity index (χ1) is 12.0. The van der Waals surface area contributed by atoms with Crippen LogP contribution in [0.4, 0.5) is 13.2 Å². The van der Waals surface area contributed by atoms with E-state index in [0.29, 0.717) is 11.3 Å². The topological polar surface area (TPSA) is 75.6 Å². The summed E-state index contributed by atoms with van der Waals surface area (Å²) in [6.45, 7) is 1.22. The minimum atomic E-state index is -4.48. The third kappa shape index (κ3) is 4.75. The summed E-state index contributed by atoms with van der Waals surface area (Å²) >= 11 is 0. The molecular formula is C17H18F3NO4S. The lowest BCUT2D eigenvalue weighted by Gasteiger charge is -2.15. The second kappa shape index (κ2) is 7.65. The van der Waals surface area contributed by atoms with Crippen LogP contribution in [0.2, 0.25) is 0 Å². The number of ether oxygens (including phenoxy) is 1. The predicted molar refractivity (Wildman–Crippen MR) is 89.3 cm³/mol. The number of hydrogen-bond donors (Lipinski definition) is 2. The first kappa shape index (κ1) is 20.2. The zero-order valence-corrected chi connectivity index (χ0v) is 14.9. The van der Waals surface area contributed by atoms with Gasteiger partial charge in [0, 0.05) is 6.54 Å². The van der Waals surface area contributed by atoms with Gasteiger partial charge in [0.05, 0.1) is 23.7 Å². The Morgan fingerprint density at radius 1 is 1.15 bits per heavy atom. The maximum Gasteiger partial charge on any atom is 0.416 e. The number of aryl methyl sites for hydroxylation is 1. The number of nitrogens with one attached hydrogen (secondary N) is 1. The minimum Gasteiger partial charge on any atom is -0.497 e. The van der Waals surface area contributed by atoms with E-state index in [1.165, 1.54) is 19.2 Å². The summed E-state index contributed by atoms with van der Waals surface area (Å²) in [4.78, 5) is 0.0259. The van der Waals surface area contributed by atoms with Crippen LogP contribution in [-0.4, -0.2) is 27.2 Å². The highest BCUT2D eigenvalue weighted by atomic mass is 32.2. The van der Waals surface area contributed by atoms with Crippen LogP contribution in [-0.2, 0) is 16.2 Å². The second-order valence-corrected chi connectivity index (χ2v) is 7.35. The van der Waals surface area contributed by atoms with Crippen LogP contribution < -0.4 is 9.46 Å². The lowest BCUT2D eigenvalue weighted by molar-refractivity contribution is -0.137. The highest BCUT2D eigenvalue weighted by molar-refractivity contribution is 7.89. The molecule has 0 saturated carbocycles. The van der Waals surface area contributed by atoms with E-state index >= 15 is 0 Å². The number of alkyl halides is 3. The van der Waals surface area contributed by atoms with E-state index in [-0.39, 0.29) is 17.0 Å². The van der Waals surface area contributed by atoms with Gasteiger partial charge in [-0.1, -0.05) is 12.1 Å². The Morgan fingerprint density at radius 3 is 2.27 bits per heavy atom. The molecular weight excluding hydrogens is 371 g/mol. The van der Waals surface area contributed by atoms with Gasteiger partial charge in [0.25, 0.3) is 0 Å². The zero-order valence-electron chi connectivity index (χ0n) is 14.0. The lowest BCUT2D eigenvalue weighted by atomic mass is 10.1. The molecule has 9 heteroatoms. The van der Waals surface area contributed by atoms with Crippen LogP contribution >= 0.6 is 0 Å². The molecule has 142 valence electrons. The molecule has 0 aliphatic carbocycles. The Hall–Kier alpha value is -2.10. The van der Waals surface area contributed by atoms with E-state index in [1.807, 2.05) is 0 Å². The monoisotopic (exact) mass is 389 g/mol. The molecule has 2 aromatic carbocycles. The van der Waals surface area contributed by atoms with Gasteiger partial charge in [0.15, 0.2) is 0 Å². The number of benzene rings is 2. The van der Waals surface area contributed by atoms with Crippen molar-refractivity contribution in [3.8, 4) is 5.75 Å². The summed E-state index contributed by atoms with van der Waals surface area (Å²) in [5.41, 5.74) is -0.212. The third-order valence-corrected chi connectivity index (χ3v) is 5.34. The molecule has 0 aromatic heterocycles. The normalized spacial score (nSPS) is 13.5. The van der Waals surface area contributed by atoms with Crippen molar-refractivity contribution in [1.82, 2.24) is 4.72 Å². The van der Waals surface area contributed by atoms with E-state index in [9.17, 15) is 26.7 Å². The first-order valence-corrected chi connectivity index (χ1v) is 9.02. The van der Waals surface area contributed by atoms with Crippen molar-refractivity contribution in [2.75, 3.05) is 13.7 Å². The average Bonchev–Trinajstić information content (AvgIpc) is 2.58.